The first-order valence-corrected chi connectivity index (χ1v) is 8.27. The maximum absolute atomic E-state index is 13.3. The van der Waals surface area contributed by atoms with Crippen molar-refractivity contribution >= 4 is 28.4 Å². The Hall–Kier alpha value is -3.36. The summed E-state index contributed by atoms with van der Waals surface area (Å²) in [5.41, 5.74) is 8.13. The van der Waals surface area contributed by atoms with Crippen molar-refractivity contribution in [1.29, 1.82) is 0 Å². The number of anilines is 5. The minimum absolute atomic E-state index is 0.00405. The van der Waals surface area contributed by atoms with Gasteiger partial charge in [-0.3, -0.25) is 0 Å². The molecular formula is C20H15F6N3. The first-order chi connectivity index (χ1) is 13.5. The number of para-hydroxylation sites is 1. The molecule has 0 aliphatic rings. The second-order valence-electron chi connectivity index (χ2n) is 6.21. The van der Waals surface area contributed by atoms with Crippen molar-refractivity contribution in [3.63, 3.8) is 0 Å². The number of benzene rings is 3. The van der Waals surface area contributed by atoms with Crippen molar-refractivity contribution in [2.45, 2.75) is 12.4 Å². The Morgan fingerprint density at radius 1 is 0.552 bits per heavy atom. The molecule has 9 heteroatoms. The number of nitrogens with two attached hydrogens (primary N) is 2. The van der Waals surface area contributed by atoms with Crippen LogP contribution in [0.25, 0.3) is 0 Å². The Bertz CT molecular complexity index is 949. The molecule has 152 valence electrons. The molecule has 0 aliphatic carbocycles. The van der Waals surface area contributed by atoms with E-state index in [4.69, 9.17) is 11.5 Å². The van der Waals surface area contributed by atoms with E-state index in [1.807, 2.05) is 0 Å². The van der Waals surface area contributed by atoms with E-state index in [1.165, 1.54) is 17.0 Å². The van der Waals surface area contributed by atoms with Crippen LogP contribution < -0.4 is 16.4 Å². The number of hydrogen-bond acceptors (Lipinski definition) is 3. The third-order valence-corrected chi connectivity index (χ3v) is 4.22. The predicted octanol–water partition coefficient (Wildman–Crippen LogP) is 6.36. The number of rotatable bonds is 3. The van der Waals surface area contributed by atoms with Gasteiger partial charge in [-0.1, -0.05) is 18.2 Å². The number of alkyl halides is 6. The minimum Gasteiger partial charge on any atom is -0.398 e. The molecule has 0 heterocycles. The Morgan fingerprint density at radius 3 is 1.34 bits per heavy atom. The van der Waals surface area contributed by atoms with Crippen LogP contribution in [0.15, 0.2) is 66.7 Å². The lowest BCUT2D eigenvalue weighted by molar-refractivity contribution is -0.137. The highest BCUT2D eigenvalue weighted by Gasteiger charge is 2.35. The van der Waals surface area contributed by atoms with Crippen molar-refractivity contribution in [2.75, 3.05) is 16.4 Å². The van der Waals surface area contributed by atoms with Crippen LogP contribution in [0.4, 0.5) is 54.8 Å². The summed E-state index contributed by atoms with van der Waals surface area (Å²) in [5, 5.41) is 0. The Kier molecular flexibility index (Phi) is 5.08. The first-order valence-electron chi connectivity index (χ1n) is 8.27. The Morgan fingerprint density at radius 2 is 0.966 bits per heavy atom. The third-order valence-electron chi connectivity index (χ3n) is 4.22. The molecule has 3 aromatic carbocycles. The highest BCUT2D eigenvalue weighted by Crippen LogP contribution is 2.43. The van der Waals surface area contributed by atoms with Crippen molar-refractivity contribution in [2.24, 2.45) is 0 Å². The van der Waals surface area contributed by atoms with Gasteiger partial charge >= 0.3 is 12.4 Å². The van der Waals surface area contributed by atoms with Gasteiger partial charge in [-0.2, -0.15) is 26.3 Å². The molecule has 3 aromatic rings. The number of nitrogen functional groups attached to an aromatic ring is 2. The normalized spacial score (nSPS) is 12.1. The van der Waals surface area contributed by atoms with Crippen LogP contribution >= 0.6 is 0 Å². The van der Waals surface area contributed by atoms with Crippen LogP contribution in [0.5, 0.6) is 0 Å². The van der Waals surface area contributed by atoms with Crippen molar-refractivity contribution in [3.8, 4) is 0 Å². The zero-order valence-corrected chi connectivity index (χ0v) is 14.7. The van der Waals surface area contributed by atoms with E-state index >= 15 is 0 Å². The fraction of sp³-hybridized carbons (Fsp3) is 0.100. The van der Waals surface area contributed by atoms with Gasteiger partial charge in [0.2, 0.25) is 0 Å². The van der Waals surface area contributed by atoms with Crippen molar-refractivity contribution < 1.29 is 26.3 Å². The van der Waals surface area contributed by atoms with Gasteiger partial charge in [0.15, 0.2) is 0 Å². The highest BCUT2D eigenvalue weighted by atomic mass is 19.4. The molecule has 0 radical (unpaired) electrons. The molecule has 0 fully saturated rings. The first kappa shape index (κ1) is 20.4. The topological polar surface area (TPSA) is 55.3 Å². The van der Waals surface area contributed by atoms with E-state index in [9.17, 15) is 26.3 Å². The lowest BCUT2D eigenvalue weighted by Crippen LogP contribution is -2.15. The SMILES string of the molecule is Nc1ccc(N(c2ccccc2)c2ccc(N)c(C(F)(F)F)c2)cc1C(F)(F)F. The summed E-state index contributed by atoms with van der Waals surface area (Å²) in [6, 6.07) is 14.4. The molecule has 0 aliphatic heterocycles. The molecule has 0 saturated heterocycles. The van der Waals surface area contributed by atoms with Crippen LogP contribution in [-0.4, -0.2) is 0 Å². The molecule has 0 spiro atoms. The summed E-state index contributed by atoms with van der Waals surface area (Å²) in [4.78, 5) is 1.27. The van der Waals surface area contributed by atoms with Gasteiger partial charge in [-0.25, -0.2) is 0 Å². The molecule has 0 aromatic heterocycles. The van der Waals surface area contributed by atoms with Gasteiger partial charge in [0.05, 0.1) is 11.1 Å². The van der Waals surface area contributed by atoms with E-state index in [1.54, 1.807) is 30.3 Å². The average molecular weight is 411 g/mol. The van der Waals surface area contributed by atoms with Crippen LogP contribution in [0.2, 0.25) is 0 Å². The summed E-state index contributed by atoms with van der Waals surface area (Å²) in [6.45, 7) is 0. The van der Waals surface area contributed by atoms with Gasteiger partial charge in [-0.15, -0.1) is 0 Å². The molecule has 0 atom stereocenters. The largest absolute Gasteiger partial charge is 0.418 e. The summed E-state index contributed by atoms with van der Waals surface area (Å²) in [6.07, 6.45) is -9.44. The molecule has 29 heavy (non-hydrogen) atoms. The second kappa shape index (κ2) is 7.23. The Labute approximate surface area is 162 Å². The van der Waals surface area contributed by atoms with Crippen LogP contribution in [0, 0.1) is 0 Å². The smallest absolute Gasteiger partial charge is 0.398 e. The quantitative estimate of drug-likeness (QED) is 0.390. The summed E-state index contributed by atoms with van der Waals surface area (Å²) in [5.74, 6) is 0. The molecule has 3 rings (SSSR count). The van der Waals surface area contributed by atoms with Crippen molar-refractivity contribution in [3.05, 3.63) is 77.9 Å². The van der Waals surface area contributed by atoms with Crippen LogP contribution in [-0.2, 0) is 12.4 Å². The van der Waals surface area contributed by atoms with Gasteiger partial charge < -0.3 is 16.4 Å². The van der Waals surface area contributed by atoms with E-state index in [2.05, 4.69) is 0 Å². The minimum atomic E-state index is -4.72. The van der Waals surface area contributed by atoms with E-state index in [-0.39, 0.29) is 11.4 Å². The molecule has 0 amide bonds. The van der Waals surface area contributed by atoms with Gasteiger partial charge in [-0.05, 0) is 48.5 Å². The monoisotopic (exact) mass is 411 g/mol. The maximum Gasteiger partial charge on any atom is 0.418 e. The summed E-state index contributed by atoms with van der Waals surface area (Å²) in [7, 11) is 0. The zero-order chi connectivity index (χ0) is 21.4. The highest BCUT2D eigenvalue weighted by molar-refractivity contribution is 5.79. The van der Waals surface area contributed by atoms with Gasteiger partial charge in [0.1, 0.15) is 0 Å². The molecule has 0 saturated carbocycles. The molecule has 4 N–H and O–H groups in total. The lowest BCUT2D eigenvalue weighted by Gasteiger charge is -2.27. The number of nitrogens with zero attached hydrogens (tertiary/aromatic N) is 1. The lowest BCUT2D eigenvalue weighted by atomic mass is 10.1. The van der Waals surface area contributed by atoms with Gasteiger partial charge in [0, 0.05) is 28.4 Å². The van der Waals surface area contributed by atoms with Gasteiger partial charge in [0.25, 0.3) is 0 Å². The second-order valence-corrected chi connectivity index (χ2v) is 6.21. The summed E-state index contributed by atoms with van der Waals surface area (Å²) < 4.78 is 79.8. The molecule has 0 unspecified atom stereocenters. The number of halogens is 6. The Balaban J connectivity index is 2.24. The standard InChI is InChI=1S/C20H15F6N3/c21-19(22,23)15-10-13(6-8-17(15)27)29(12-4-2-1-3-5-12)14-7-9-18(28)16(11-14)20(24,25)26/h1-11H,27-28H2. The van der Waals surface area contributed by atoms with Crippen LogP contribution in [0.3, 0.4) is 0 Å². The van der Waals surface area contributed by atoms with E-state index < -0.39 is 34.9 Å². The van der Waals surface area contributed by atoms with Crippen molar-refractivity contribution in [1.82, 2.24) is 0 Å². The fourth-order valence-electron chi connectivity index (χ4n) is 2.88. The molecule has 0 bridgehead atoms. The van der Waals surface area contributed by atoms with E-state index in [0.717, 1.165) is 24.3 Å². The third kappa shape index (κ3) is 4.23. The number of hydrogen-bond donors (Lipinski definition) is 2. The average Bonchev–Trinajstić information content (AvgIpc) is 2.63. The molecular weight excluding hydrogens is 396 g/mol. The zero-order valence-electron chi connectivity index (χ0n) is 14.7. The van der Waals surface area contributed by atoms with Crippen LogP contribution in [0.1, 0.15) is 11.1 Å². The maximum atomic E-state index is 13.3. The predicted molar refractivity (Wildman–Crippen MR) is 100.0 cm³/mol. The molecule has 3 nitrogen and oxygen atoms in total. The van der Waals surface area contributed by atoms with E-state index in [0.29, 0.717) is 5.69 Å². The summed E-state index contributed by atoms with van der Waals surface area (Å²) >= 11 is 0. The fourth-order valence-corrected chi connectivity index (χ4v) is 2.88.